The van der Waals surface area contributed by atoms with E-state index in [0.717, 1.165) is 5.57 Å². The molecule has 0 aromatic carbocycles. The van der Waals surface area contributed by atoms with Gasteiger partial charge in [-0.1, -0.05) is 19.6 Å². The van der Waals surface area contributed by atoms with Crippen molar-refractivity contribution in [3.63, 3.8) is 0 Å². The van der Waals surface area contributed by atoms with Crippen molar-refractivity contribution < 1.29 is 19.4 Å². The van der Waals surface area contributed by atoms with Crippen LogP contribution in [0.5, 0.6) is 0 Å². The van der Waals surface area contributed by atoms with Crippen molar-refractivity contribution in [1.82, 2.24) is 0 Å². The van der Waals surface area contributed by atoms with Gasteiger partial charge in [-0.3, -0.25) is 4.79 Å². The largest absolute Gasteiger partial charge is 0.458 e. The van der Waals surface area contributed by atoms with E-state index in [1.165, 1.54) is 6.92 Å². The maximum Gasteiger partial charge on any atom is 0.334 e. The number of rotatable bonds is 3. The topological polar surface area (TPSA) is 63.6 Å². The summed E-state index contributed by atoms with van der Waals surface area (Å²) in [5.41, 5.74) is 1.41. The van der Waals surface area contributed by atoms with E-state index in [-0.39, 0.29) is 36.1 Å². The molecule has 4 nitrogen and oxygen atoms in total. The molecule has 0 radical (unpaired) electrons. The molecule has 0 spiro atoms. The summed E-state index contributed by atoms with van der Waals surface area (Å²) in [7, 11) is 0. The molecule has 4 atom stereocenters. The molecular weight excluding hydrogens is 244 g/mol. The average molecular weight is 264 g/mol. The number of carbonyl (C=O) groups is 2. The van der Waals surface area contributed by atoms with Crippen molar-refractivity contribution in [1.29, 1.82) is 0 Å². The SMILES string of the molecule is C=C1C(=O)O[C@H]2C[C@H](C)C([C@H](O)CC(C)=O)=CC[C@@H]12. The Morgan fingerprint density at radius 1 is 1.63 bits per heavy atom. The molecule has 2 rings (SSSR count). The number of esters is 1. The van der Waals surface area contributed by atoms with Crippen molar-refractivity contribution in [3.8, 4) is 0 Å². The number of carbonyl (C=O) groups excluding carboxylic acids is 2. The Labute approximate surface area is 113 Å². The monoisotopic (exact) mass is 264 g/mol. The van der Waals surface area contributed by atoms with E-state index in [2.05, 4.69) is 6.58 Å². The molecule has 1 aliphatic heterocycles. The van der Waals surface area contributed by atoms with Gasteiger partial charge in [0.2, 0.25) is 0 Å². The van der Waals surface area contributed by atoms with Gasteiger partial charge < -0.3 is 9.84 Å². The smallest absolute Gasteiger partial charge is 0.334 e. The lowest BCUT2D eigenvalue weighted by Gasteiger charge is -2.21. The third-order valence-electron chi connectivity index (χ3n) is 4.04. The zero-order valence-corrected chi connectivity index (χ0v) is 11.4. The van der Waals surface area contributed by atoms with Crippen molar-refractivity contribution >= 4 is 11.8 Å². The molecule has 0 bridgehead atoms. The molecule has 1 fully saturated rings. The highest BCUT2D eigenvalue weighted by Crippen LogP contribution is 2.39. The maximum absolute atomic E-state index is 11.5. The Kier molecular flexibility index (Phi) is 3.90. The van der Waals surface area contributed by atoms with Crippen LogP contribution in [0.15, 0.2) is 23.8 Å². The first-order valence-electron chi connectivity index (χ1n) is 6.67. The van der Waals surface area contributed by atoms with E-state index < -0.39 is 6.10 Å². The number of ketones is 1. The molecule has 4 heteroatoms. The summed E-state index contributed by atoms with van der Waals surface area (Å²) in [6.07, 6.45) is 2.55. The average Bonchev–Trinajstić information content (AvgIpc) is 2.47. The number of Topliss-reactive ketones (excluding diaryl/α,β-unsaturated/α-hetero) is 1. The van der Waals surface area contributed by atoms with Crippen LogP contribution in [0.2, 0.25) is 0 Å². The summed E-state index contributed by atoms with van der Waals surface area (Å²) in [5, 5.41) is 10.1. The van der Waals surface area contributed by atoms with Gasteiger partial charge in [0, 0.05) is 17.9 Å². The van der Waals surface area contributed by atoms with Crippen molar-refractivity contribution in [2.75, 3.05) is 0 Å². The van der Waals surface area contributed by atoms with Crippen LogP contribution in [-0.4, -0.2) is 29.1 Å². The van der Waals surface area contributed by atoms with Crippen LogP contribution in [0.25, 0.3) is 0 Å². The number of hydrogen-bond donors (Lipinski definition) is 1. The Hall–Kier alpha value is -1.42. The van der Waals surface area contributed by atoms with Gasteiger partial charge in [-0.05, 0) is 31.3 Å². The Morgan fingerprint density at radius 2 is 2.32 bits per heavy atom. The van der Waals surface area contributed by atoms with Crippen LogP contribution in [0.1, 0.15) is 33.1 Å². The molecule has 1 N–H and O–H groups in total. The number of allylic oxidation sites excluding steroid dienone is 1. The van der Waals surface area contributed by atoms with Gasteiger partial charge in [0.15, 0.2) is 0 Å². The van der Waals surface area contributed by atoms with Crippen LogP contribution in [0.4, 0.5) is 0 Å². The highest BCUT2D eigenvalue weighted by atomic mass is 16.6. The quantitative estimate of drug-likeness (QED) is 0.479. The Bertz CT molecular complexity index is 449. The van der Waals surface area contributed by atoms with E-state index >= 15 is 0 Å². The first kappa shape index (κ1) is 14.0. The predicted molar refractivity (Wildman–Crippen MR) is 70.3 cm³/mol. The lowest BCUT2D eigenvalue weighted by atomic mass is 9.89. The Morgan fingerprint density at radius 3 is 2.95 bits per heavy atom. The second-order valence-electron chi connectivity index (χ2n) is 5.57. The molecule has 0 aromatic rings. The highest BCUT2D eigenvalue weighted by Gasteiger charge is 2.41. The summed E-state index contributed by atoms with van der Waals surface area (Å²) in [6.45, 7) is 7.25. The highest BCUT2D eigenvalue weighted by molar-refractivity contribution is 5.90. The number of fused-ring (bicyclic) bond motifs is 1. The molecule has 0 unspecified atom stereocenters. The zero-order valence-electron chi connectivity index (χ0n) is 11.4. The lowest BCUT2D eigenvalue weighted by Crippen LogP contribution is -2.22. The summed E-state index contributed by atoms with van der Waals surface area (Å²) in [6, 6.07) is 0. The minimum absolute atomic E-state index is 0.0111. The minimum atomic E-state index is -0.727. The van der Waals surface area contributed by atoms with E-state index in [4.69, 9.17) is 4.74 Å². The molecular formula is C15H20O4. The van der Waals surface area contributed by atoms with Crippen molar-refractivity contribution in [2.24, 2.45) is 11.8 Å². The van der Waals surface area contributed by atoms with E-state index in [1.54, 1.807) is 0 Å². The van der Waals surface area contributed by atoms with Crippen LogP contribution in [0, 0.1) is 11.8 Å². The summed E-state index contributed by atoms with van der Waals surface area (Å²) >= 11 is 0. The second-order valence-corrected chi connectivity index (χ2v) is 5.57. The number of aliphatic hydroxyl groups excluding tert-OH is 1. The van der Waals surface area contributed by atoms with Crippen LogP contribution in [-0.2, 0) is 14.3 Å². The summed E-state index contributed by atoms with van der Waals surface area (Å²) in [4.78, 5) is 22.6. The fourth-order valence-electron chi connectivity index (χ4n) is 2.98. The zero-order chi connectivity index (χ0) is 14.2. The van der Waals surface area contributed by atoms with Gasteiger partial charge in [-0.15, -0.1) is 0 Å². The molecule has 19 heavy (non-hydrogen) atoms. The first-order valence-corrected chi connectivity index (χ1v) is 6.67. The molecule has 0 saturated carbocycles. The van der Waals surface area contributed by atoms with Gasteiger partial charge in [-0.2, -0.15) is 0 Å². The standard InChI is InChI=1S/C15H20O4/c1-8-6-14-12(10(3)15(18)19-14)5-4-11(8)13(17)7-9(2)16/h4,8,12-14,17H,3,5-7H2,1-2H3/t8-,12-,13+,14-/m0/s1. The normalized spacial score (nSPS) is 32.2. The van der Waals surface area contributed by atoms with Gasteiger partial charge in [0.25, 0.3) is 0 Å². The van der Waals surface area contributed by atoms with E-state index in [1.807, 2.05) is 13.0 Å². The number of aliphatic hydroxyl groups is 1. The van der Waals surface area contributed by atoms with Gasteiger partial charge in [0.1, 0.15) is 11.9 Å². The molecule has 1 aliphatic carbocycles. The van der Waals surface area contributed by atoms with Gasteiger partial charge >= 0.3 is 5.97 Å². The maximum atomic E-state index is 11.5. The van der Waals surface area contributed by atoms with Crippen molar-refractivity contribution in [3.05, 3.63) is 23.8 Å². The van der Waals surface area contributed by atoms with E-state index in [9.17, 15) is 14.7 Å². The Balaban J connectivity index is 2.15. The third-order valence-corrected chi connectivity index (χ3v) is 4.04. The molecule has 0 amide bonds. The lowest BCUT2D eigenvalue weighted by molar-refractivity contribution is -0.139. The molecule has 1 saturated heterocycles. The van der Waals surface area contributed by atoms with Crippen LogP contribution in [0.3, 0.4) is 0 Å². The second kappa shape index (κ2) is 5.29. The van der Waals surface area contributed by atoms with Gasteiger partial charge in [0.05, 0.1) is 6.10 Å². The van der Waals surface area contributed by atoms with Crippen LogP contribution >= 0.6 is 0 Å². The molecule has 104 valence electrons. The summed E-state index contributed by atoms with van der Waals surface area (Å²) in [5.74, 6) is -0.218. The van der Waals surface area contributed by atoms with E-state index in [0.29, 0.717) is 18.4 Å². The molecule has 0 aromatic heterocycles. The minimum Gasteiger partial charge on any atom is -0.458 e. The van der Waals surface area contributed by atoms with Gasteiger partial charge in [-0.25, -0.2) is 4.79 Å². The summed E-state index contributed by atoms with van der Waals surface area (Å²) < 4.78 is 5.32. The third kappa shape index (κ3) is 2.78. The fraction of sp³-hybridized carbons (Fsp3) is 0.600. The number of hydrogen-bond acceptors (Lipinski definition) is 4. The fourth-order valence-corrected chi connectivity index (χ4v) is 2.98. The first-order chi connectivity index (χ1) is 8.90. The number of ether oxygens (including phenoxy) is 1. The predicted octanol–water partition coefficient (Wildman–Crippen LogP) is 1.78. The van der Waals surface area contributed by atoms with Crippen LogP contribution < -0.4 is 0 Å². The molecule has 2 aliphatic rings. The van der Waals surface area contributed by atoms with Crippen molar-refractivity contribution in [2.45, 2.75) is 45.3 Å². The molecule has 1 heterocycles.